The first-order valence-electron chi connectivity index (χ1n) is 9.41. The first-order chi connectivity index (χ1) is 14.6. The van der Waals surface area contributed by atoms with Crippen molar-refractivity contribution in [2.45, 2.75) is 0 Å². The minimum absolute atomic E-state index is 0.167. The third-order valence-electron chi connectivity index (χ3n) is 5.02. The number of carbonyl (C=O) groups is 1. The highest BCUT2D eigenvalue weighted by Crippen LogP contribution is 2.24. The largest absolute Gasteiger partial charge is 0.353 e. The van der Waals surface area contributed by atoms with Gasteiger partial charge in [-0.25, -0.2) is 9.97 Å². The fourth-order valence-electron chi connectivity index (χ4n) is 3.46. The monoisotopic (exact) mass is 395 g/mol. The van der Waals surface area contributed by atoms with Crippen LogP contribution in [0.4, 0.5) is 5.82 Å². The Morgan fingerprint density at radius 3 is 2.60 bits per heavy atom. The van der Waals surface area contributed by atoms with E-state index in [1.165, 1.54) is 4.90 Å². The van der Waals surface area contributed by atoms with Crippen LogP contribution in [0.3, 0.4) is 0 Å². The van der Waals surface area contributed by atoms with E-state index >= 15 is 0 Å². The molecule has 2 aromatic carbocycles. The van der Waals surface area contributed by atoms with Crippen molar-refractivity contribution in [3.8, 4) is 11.4 Å². The zero-order valence-electron chi connectivity index (χ0n) is 16.1. The lowest BCUT2D eigenvalue weighted by Gasteiger charge is -2.16. The van der Waals surface area contributed by atoms with Gasteiger partial charge in [0.2, 0.25) is 0 Å². The van der Waals surface area contributed by atoms with Crippen LogP contribution in [0.15, 0.2) is 77.7 Å². The van der Waals surface area contributed by atoms with Gasteiger partial charge in [0.05, 0.1) is 16.7 Å². The van der Waals surface area contributed by atoms with Gasteiger partial charge >= 0.3 is 0 Å². The van der Waals surface area contributed by atoms with Crippen molar-refractivity contribution in [2.75, 3.05) is 11.9 Å². The van der Waals surface area contributed by atoms with Gasteiger partial charge in [-0.3, -0.25) is 14.5 Å². The van der Waals surface area contributed by atoms with Crippen molar-refractivity contribution in [3.63, 3.8) is 0 Å². The normalized spacial score (nSPS) is 11.1. The summed E-state index contributed by atoms with van der Waals surface area (Å²) in [5.74, 6) is 0.407. The number of benzene rings is 2. The smallest absolute Gasteiger partial charge is 0.276 e. The van der Waals surface area contributed by atoms with Gasteiger partial charge in [0, 0.05) is 29.7 Å². The molecule has 0 aliphatic rings. The average Bonchev–Trinajstić information content (AvgIpc) is 3.21. The Bertz CT molecular complexity index is 1450. The molecule has 7 nitrogen and oxygen atoms in total. The molecule has 2 N–H and O–H groups in total. The van der Waals surface area contributed by atoms with Crippen molar-refractivity contribution in [1.29, 1.82) is 0 Å². The number of rotatable bonds is 3. The zero-order valence-corrected chi connectivity index (χ0v) is 16.1. The van der Waals surface area contributed by atoms with E-state index < -0.39 is 0 Å². The van der Waals surface area contributed by atoms with Gasteiger partial charge in [0.25, 0.3) is 11.5 Å². The molecule has 0 bridgehead atoms. The SMILES string of the molecule is CN(C(=O)c1ccc2[nH]c(-c3nc4ccccc4[nH]c3=O)cc2c1)c1ccccn1. The number of hydrogen-bond donors (Lipinski definition) is 2. The van der Waals surface area contributed by atoms with Gasteiger partial charge in [-0.2, -0.15) is 0 Å². The second-order valence-electron chi connectivity index (χ2n) is 6.97. The van der Waals surface area contributed by atoms with Gasteiger partial charge in [0.1, 0.15) is 5.82 Å². The predicted octanol–water partition coefficient (Wildman–Crippen LogP) is 3.74. The second-order valence-corrected chi connectivity index (χ2v) is 6.97. The summed E-state index contributed by atoms with van der Waals surface area (Å²) in [6, 6.07) is 20.0. The standard InChI is InChI=1S/C23H17N5O2/c1-28(20-8-4-5-11-24-20)23(30)14-9-10-16-15(12-14)13-19(25-16)21-22(29)27-18-7-3-2-6-17(18)26-21/h2-13,25H,1H3,(H,27,29). The topological polar surface area (TPSA) is 94.7 Å². The summed E-state index contributed by atoms with van der Waals surface area (Å²) < 4.78 is 0. The third kappa shape index (κ3) is 3.02. The van der Waals surface area contributed by atoms with Crippen LogP contribution in [0.5, 0.6) is 0 Å². The highest BCUT2D eigenvalue weighted by atomic mass is 16.2. The van der Waals surface area contributed by atoms with E-state index in [9.17, 15) is 9.59 Å². The lowest BCUT2D eigenvalue weighted by molar-refractivity contribution is 0.0992. The molecule has 1 amide bonds. The number of fused-ring (bicyclic) bond motifs is 2. The molecule has 0 radical (unpaired) electrons. The van der Waals surface area contributed by atoms with E-state index in [4.69, 9.17) is 0 Å². The van der Waals surface area contributed by atoms with Crippen LogP contribution in [0.1, 0.15) is 10.4 Å². The Hall–Kier alpha value is -4.26. The van der Waals surface area contributed by atoms with Gasteiger partial charge in [-0.15, -0.1) is 0 Å². The number of amides is 1. The number of anilines is 1. The molecule has 3 heterocycles. The molecule has 30 heavy (non-hydrogen) atoms. The second kappa shape index (κ2) is 6.97. The number of aromatic amines is 2. The van der Waals surface area contributed by atoms with Crippen molar-refractivity contribution in [1.82, 2.24) is 19.9 Å². The minimum atomic E-state index is -0.272. The molecule has 3 aromatic heterocycles. The minimum Gasteiger partial charge on any atom is -0.353 e. The van der Waals surface area contributed by atoms with Crippen LogP contribution in [-0.2, 0) is 0 Å². The number of pyridine rings is 1. The average molecular weight is 395 g/mol. The molecule has 0 atom stereocenters. The van der Waals surface area contributed by atoms with E-state index in [1.807, 2.05) is 42.5 Å². The number of hydrogen-bond acceptors (Lipinski definition) is 4. The quantitative estimate of drug-likeness (QED) is 0.486. The van der Waals surface area contributed by atoms with Gasteiger partial charge in [0.15, 0.2) is 5.69 Å². The molecule has 0 aliphatic heterocycles. The van der Waals surface area contributed by atoms with Crippen LogP contribution in [-0.4, -0.2) is 32.9 Å². The number of nitrogens with one attached hydrogen (secondary N) is 2. The summed E-state index contributed by atoms with van der Waals surface area (Å²) in [7, 11) is 1.69. The van der Waals surface area contributed by atoms with Crippen molar-refractivity contribution < 1.29 is 4.79 Å². The van der Waals surface area contributed by atoms with Crippen LogP contribution in [0, 0.1) is 0 Å². The fourth-order valence-corrected chi connectivity index (χ4v) is 3.46. The van der Waals surface area contributed by atoms with E-state index in [0.29, 0.717) is 33.8 Å². The summed E-state index contributed by atoms with van der Waals surface area (Å²) in [6.07, 6.45) is 1.65. The Morgan fingerprint density at radius 1 is 0.933 bits per heavy atom. The first-order valence-corrected chi connectivity index (χ1v) is 9.41. The lowest BCUT2D eigenvalue weighted by atomic mass is 10.1. The molecule has 0 saturated carbocycles. The van der Waals surface area contributed by atoms with E-state index in [1.54, 1.807) is 37.5 Å². The van der Waals surface area contributed by atoms with E-state index in [-0.39, 0.29) is 11.5 Å². The lowest BCUT2D eigenvalue weighted by Crippen LogP contribution is -2.26. The summed E-state index contributed by atoms with van der Waals surface area (Å²) in [5, 5.41) is 0.819. The molecule has 146 valence electrons. The van der Waals surface area contributed by atoms with Crippen LogP contribution < -0.4 is 10.5 Å². The molecular formula is C23H17N5O2. The number of H-pyrrole nitrogens is 2. The third-order valence-corrected chi connectivity index (χ3v) is 5.02. The molecular weight excluding hydrogens is 378 g/mol. The zero-order chi connectivity index (χ0) is 20.7. The molecule has 7 heteroatoms. The number of aromatic nitrogens is 4. The molecule has 0 saturated heterocycles. The summed E-state index contributed by atoms with van der Waals surface area (Å²) >= 11 is 0. The highest BCUT2D eigenvalue weighted by Gasteiger charge is 2.16. The van der Waals surface area contributed by atoms with Crippen LogP contribution in [0.2, 0.25) is 0 Å². The van der Waals surface area contributed by atoms with Gasteiger partial charge < -0.3 is 9.97 Å². The fraction of sp³-hybridized carbons (Fsp3) is 0.0435. The molecule has 0 aliphatic carbocycles. The molecule has 5 rings (SSSR count). The summed E-state index contributed by atoms with van der Waals surface area (Å²) in [4.78, 5) is 41.7. The number of carbonyl (C=O) groups excluding carboxylic acids is 1. The van der Waals surface area contributed by atoms with Crippen molar-refractivity contribution in [2.24, 2.45) is 0 Å². The Labute approximate surface area is 171 Å². The summed E-state index contributed by atoms with van der Waals surface area (Å²) in [6.45, 7) is 0. The predicted molar refractivity (Wildman–Crippen MR) is 117 cm³/mol. The Kier molecular flexibility index (Phi) is 4.14. The first kappa shape index (κ1) is 17.8. The van der Waals surface area contributed by atoms with E-state index in [2.05, 4.69) is 19.9 Å². The maximum atomic E-state index is 12.9. The van der Waals surface area contributed by atoms with E-state index in [0.717, 1.165) is 10.9 Å². The molecule has 0 unspecified atom stereocenters. The van der Waals surface area contributed by atoms with Crippen molar-refractivity contribution >= 4 is 33.7 Å². The Morgan fingerprint density at radius 2 is 1.77 bits per heavy atom. The highest BCUT2D eigenvalue weighted by molar-refractivity contribution is 6.07. The number of nitrogens with zero attached hydrogens (tertiary/aromatic N) is 3. The van der Waals surface area contributed by atoms with Crippen LogP contribution in [0.25, 0.3) is 33.3 Å². The summed E-state index contributed by atoms with van der Waals surface area (Å²) in [5.41, 5.74) is 3.37. The molecule has 0 spiro atoms. The van der Waals surface area contributed by atoms with Crippen molar-refractivity contribution in [3.05, 3.63) is 88.8 Å². The maximum absolute atomic E-state index is 12.9. The molecule has 5 aromatic rings. The Balaban J connectivity index is 1.54. The molecule has 0 fully saturated rings. The van der Waals surface area contributed by atoms with Gasteiger partial charge in [-0.05, 0) is 48.5 Å². The number of para-hydroxylation sites is 2. The maximum Gasteiger partial charge on any atom is 0.276 e. The van der Waals surface area contributed by atoms with Crippen LogP contribution >= 0.6 is 0 Å². The van der Waals surface area contributed by atoms with Gasteiger partial charge in [-0.1, -0.05) is 18.2 Å².